The summed E-state index contributed by atoms with van der Waals surface area (Å²) in [5.74, 6) is 0.831. The van der Waals surface area contributed by atoms with E-state index in [-0.39, 0.29) is 18.1 Å². The normalized spacial score (nSPS) is 32.3. The van der Waals surface area contributed by atoms with Crippen LogP contribution in [-0.4, -0.2) is 42.1 Å². The van der Waals surface area contributed by atoms with Crippen LogP contribution in [0.5, 0.6) is 0 Å². The van der Waals surface area contributed by atoms with E-state index >= 15 is 0 Å². The molecular formula is C16H22N2O2S. The summed E-state index contributed by atoms with van der Waals surface area (Å²) in [6.45, 7) is 2.93. The van der Waals surface area contributed by atoms with Gasteiger partial charge in [0.05, 0.1) is 6.10 Å². The third kappa shape index (κ3) is 3.00. The highest BCUT2D eigenvalue weighted by Gasteiger charge is 2.45. The smallest absolute Gasteiger partial charge is 0.249 e. The molecule has 3 atom stereocenters. The Labute approximate surface area is 129 Å². The van der Waals surface area contributed by atoms with Gasteiger partial charge in [-0.05, 0) is 36.6 Å². The number of likely N-dealkylation sites (tertiary alicyclic amines) is 1. The summed E-state index contributed by atoms with van der Waals surface area (Å²) >= 11 is 1.81. The van der Waals surface area contributed by atoms with Crippen LogP contribution in [0.4, 0.5) is 0 Å². The molecule has 1 N–H and O–H groups in total. The van der Waals surface area contributed by atoms with Crippen molar-refractivity contribution in [3.63, 3.8) is 0 Å². The highest BCUT2D eigenvalue weighted by atomic mass is 32.1. The van der Waals surface area contributed by atoms with Crippen LogP contribution >= 0.6 is 11.3 Å². The Bertz CT molecular complexity index is 500. The SMILES string of the molecule is O=C(NCC1CC1)[C@H]1C[C@H]2[C@H](CCN2Cc2cccs2)O1. The Hall–Kier alpha value is -0.910. The number of carbonyl (C=O) groups excluding carboxylic acids is 1. The van der Waals surface area contributed by atoms with Crippen molar-refractivity contribution in [1.82, 2.24) is 10.2 Å². The minimum atomic E-state index is -0.232. The minimum Gasteiger partial charge on any atom is -0.363 e. The van der Waals surface area contributed by atoms with Crippen molar-refractivity contribution in [3.05, 3.63) is 22.4 Å². The lowest BCUT2D eigenvalue weighted by atomic mass is 10.1. The van der Waals surface area contributed by atoms with Crippen molar-refractivity contribution in [1.29, 1.82) is 0 Å². The van der Waals surface area contributed by atoms with Crippen LogP contribution in [0.3, 0.4) is 0 Å². The number of ether oxygens (including phenoxy) is 1. The molecule has 114 valence electrons. The van der Waals surface area contributed by atoms with Gasteiger partial charge in [-0.25, -0.2) is 0 Å². The third-order valence-electron chi connectivity index (χ3n) is 4.89. The summed E-state index contributed by atoms with van der Waals surface area (Å²) in [7, 11) is 0. The summed E-state index contributed by atoms with van der Waals surface area (Å²) in [6.07, 6.45) is 4.47. The standard InChI is InChI=1S/C16H22N2O2S/c19-16(17-9-11-3-4-11)15-8-13-14(20-15)5-6-18(13)10-12-2-1-7-21-12/h1-2,7,11,13-15H,3-6,8-10H2,(H,17,19)/t13-,14-,15+/m0/s1. The van der Waals surface area contributed by atoms with Crippen LogP contribution in [0, 0.1) is 5.92 Å². The molecule has 0 spiro atoms. The van der Waals surface area contributed by atoms with E-state index in [0.717, 1.165) is 38.4 Å². The number of carbonyl (C=O) groups is 1. The lowest BCUT2D eigenvalue weighted by molar-refractivity contribution is -0.132. The molecule has 1 aromatic heterocycles. The highest BCUT2D eigenvalue weighted by Crippen LogP contribution is 2.34. The zero-order chi connectivity index (χ0) is 14.2. The van der Waals surface area contributed by atoms with Crippen molar-refractivity contribution < 1.29 is 9.53 Å². The number of amides is 1. The zero-order valence-electron chi connectivity index (χ0n) is 12.2. The van der Waals surface area contributed by atoms with Gasteiger partial charge in [-0.1, -0.05) is 6.07 Å². The van der Waals surface area contributed by atoms with Crippen molar-refractivity contribution in [3.8, 4) is 0 Å². The van der Waals surface area contributed by atoms with Gasteiger partial charge >= 0.3 is 0 Å². The molecule has 4 rings (SSSR count). The molecule has 3 fully saturated rings. The molecule has 2 saturated heterocycles. The topological polar surface area (TPSA) is 41.6 Å². The Morgan fingerprint density at radius 3 is 3.10 bits per heavy atom. The number of nitrogens with zero attached hydrogens (tertiary/aromatic N) is 1. The maximum Gasteiger partial charge on any atom is 0.249 e. The predicted octanol–water partition coefficient (Wildman–Crippen LogP) is 2.01. The second kappa shape index (κ2) is 5.71. The molecule has 1 amide bonds. The van der Waals surface area contributed by atoms with Crippen LogP contribution in [0.15, 0.2) is 17.5 Å². The average Bonchev–Trinajstić information content (AvgIpc) is 2.90. The van der Waals surface area contributed by atoms with Gasteiger partial charge in [0, 0.05) is 37.0 Å². The Morgan fingerprint density at radius 2 is 2.33 bits per heavy atom. The molecule has 0 bridgehead atoms. The Balaban J connectivity index is 1.32. The average molecular weight is 306 g/mol. The van der Waals surface area contributed by atoms with E-state index < -0.39 is 0 Å². The monoisotopic (exact) mass is 306 g/mol. The number of hydrogen-bond acceptors (Lipinski definition) is 4. The van der Waals surface area contributed by atoms with Crippen LogP contribution in [0.2, 0.25) is 0 Å². The van der Waals surface area contributed by atoms with E-state index in [1.54, 1.807) is 0 Å². The first kappa shape index (κ1) is 13.7. The Kier molecular flexibility index (Phi) is 3.73. The maximum atomic E-state index is 12.2. The summed E-state index contributed by atoms with van der Waals surface area (Å²) in [5.41, 5.74) is 0. The largest absolute Gasteiger partial charge is 0.363 e. The van der Waals surface area contributed by atoms with E-state index in [2.05, 4.69) is 27.7 Å². The van der Waals surface area contributed by atoms with Crippen molar-refractivity contribution >= 4 is 17.2 Å². The third-order valence-corrected chi connectivity index (χ3v) is 5.75. The molecule has 5 heteroatoms. The second-order valence-electron chi connectivity index (χ2n) is 6.49. The van der Waals surface area contributed by atoms with Crippen molar-refractivity contribution in [2.75, 3.05) is 13.1 Å². The van der Waals surface area contributed by atoms with Gasteiger partial charge in [-0.15, -0.1) is 11.3 Å². The van der Waals surface area contributed by atoms with Gasteiger partial charge in [-0.2, -0.15) is 0 Å². The molecule has 2 aliphatic heterocycles. The van der Waals surface area contributed by atoms with E-state index in [1.165, 1.54) is 17.7 Å². The van der Waals surface area contributed by atoms with Gasteiger partial charge in [0.1, 0.15) is 6.10 Å². The number of thiophene rings is 1. The molecule has 3 heterocycles. The number of hydrogen-bond donors (Lipinski definition) is 1. The lowest BCUT2D eigenvalue weighted by Crippen LogP contribution is -2.37. The van der Waals surface area contributed by atoms with E-state index in [4.69, 9.17) is 4.74 Å². The Morgan fingerprint density at radius 1 is 1.43 bits per heavy atom. The number of rotatable bonds is 5. The number of nitrogens with one attached hydrogen (secondary N) is 1. The molecule has 1 aromatic rings. The molecule has 1 aliphatic carbocycles. The first-order valence-electron chi connectivity index (χ1n) is 7.99. The fourth-order valence-electron chi connectivity index (χ4n) is 3.48. The lowest BCUT2D eigenvalue weighted by Gasteiger charge is -2.21. The molecule has 0 aromatic carbocycles. The number of fused-ring (bicyclic) bond motifs is 1. The second-order valence-corrected chi connectivity index (χ2v) is 7.53. The molecule has 1 saturated carbocycles. The van der Waals surface area contributed by atoms with Crippen LogP contribution in [0.25, 0.3) is 0 Å². The summed E-state index contributed by atoms with van der Waals surface area (Å²) in [4.78, 5) is 16.1. The van der Waals surface area contributed by atoms with Crippen LogP contribution in [-0.2, 0) is 16.1 Å². The molecular weight excluding hydrogens is 284 g/mol. The van der Waals surface area contributed by atoms with Crippen molar-refractivity contribution in [2.45, 2.75) is 50.5 Å². The summed E-state index contributed by atoms with van der Waals surface area (Å²) in [5, 5.41) is 5.18. The van der Waals surface area contributed by atoms with Gasteiger partial charge in [0.15, 0.2) is 0 Å². The van der Waals surface area contributed by atoms with Crippen LogP contribution in [0.1, 0.15) is 30.6 Å². The fraction of sp³-hybridized carbons (Fsp3) is 0.688. The predicted molar refractivity (Wildman–Crippen MR) is 82.1 cm³/mol. The maximum absolute atomic E-state index is 12.2. The molecule has 3 aliphatic rings. The quantitative estimate of drug-likeness (QED) is 0.905. The summed E-state index contributed by atoms with van der Waals surface area (Å²) < 4.78 is 6.00. The van der Waals surface area contributed by atoms with E-state index in [0.29, 0.717) is 6.04 Å². The first-order valence-corrected chi connectivity index (χ1v) is 8.87. The van der Waals surface area contributed by atoms with Gasteiger partial charge in [0.2, 0.25) is 5.91 Å². The first-order chi connectivity index (χ1) is 10.3. The van der Waals surface area contributed by atoms with Crippen LogP contribution < -0.4 is 5.32 Å². The summed E-state index contributed by atoms with van der Waals surface area (Å²) in [6, 6.07) is 4.71. The zero-order valence-corrected chi connectivity index (χ0v) is 13.0. The molecule has 0 radical (unpaired) electrons. The van der Waals surface area contributed by atoms with Gasteiger partial charge in [-0.3, -0.25) is 9.69 Å². The van der Waals surface area contributed by atoms with Gasteiger partial charge < -0.3 is 10.1 Å². The molecule has 4 nitrogen and oxygen atoms in total. The fourth-order valence-corrected chi connectivity index (χ4v) is 4.21. The van der Waals surface area contributed by atoms with E-state index in [1.807, 2.05) is 11.3 Å². The minimum absolute atomic E-state index is 0.104. The van der Waals surface area contributed by atoms with Crippen molar-refractivity contribution in [2.24, 2.45) is 5.92 Å². The van der Waals surface area contributed by atoms with E-state index in [9.17, 15) is 4.79 Å². The van der Waals surface area contributed by atoms with Gasteiger partial charge in [0.25, 0.3) is 0 Å². The molecule has 0 unspecified atom stereocenters. The molecule has 21 heavy (non-hydrogen) atoms. The highest BCUT2D eigenvalue weighted by molar-refractivity contribution is 7.09.